The number of carboxylic acids is 1. The zero-order valence-electron chi connectivity index (χ0n) is 10.1. The standard InChI is InChI=1S/C14H19NO2/c1-10-5-2-3-6-11(10)9-12-7-4-8-13(15-12)14(16)17/h2-3,5-6,12-13,15H,4,7-9H2,1H3,(H,16,17). The van der Waals surface area contributed by atoms with Crippen LogP contribution < -0.4 is 5.32 Å². The van der Waals surface area contributed by atoms with Gasteiger partial charge in [-0.05, 0) is 43.7 Å². The van der Waals surface area contributed by atoms with Crippen molar-refractivity contribution in [1.29, 1.82) is 0 Å². The second-order valence-electron chi connectivity index (χ2n) is 4.82. The Morgan fingerprint density at radius 3 is 2.88 bits per heavy atom. The molecule has 0 bridgehead atoms. The Morgan fingerprint density at radius 1 is 1.41 bits per heavy atom. The molecule has 3 heteroatoms. The fourth-order valence-electron chi connectivity index (χ4n) is 2.48. The Balaban J connectivity index is 1.99. The van der Waals surface area contributed by atoms with Crippen molar-refractivity contribution < 1.29 is 9.90 Å². The van der Waals surface area contributed by atoms with E-state index in [4.69, 9.17) is 5.11 Å². The summed E-state index contributed by atoms with van der Waals surface area (Å²) >= 11 is 0. The first-order valence-corrected chi connectivity index (χ1v) is 6.20. The molecular weight excluding hydrogens is 214 g/mol. The third-order valence-corrected chi connectivity index (χ3v) is 3.51. The van der Waals surface area contributed by atoms with Gasteiger partial charge < -0.3 is 10.4 Å². The van der Waals surface area contributed by atoms with Crippen molar-refractivity contribution in [1.82, 2.24) is 5.32 Å². The van der Waals surface area contributed by atoms with E-state index in [-0.39, 0.29) is 6.04 Å². The molecule has 2 unspecified atom stereocenters. The quantitative estimate of drug-likeness (QED) is 0.841. The van der Waals surface area contributed by atoms with Crippen LogP contribution in [0.1, 0.15) is 30.4 Å². The molecule has 0 aliphatic carbocycles. The summed E-state index contributed by atoms with van der Waals surface area (Å²) in [4.78, 5) is 11.0. The Bertz CT molecular complexity index is 403. The molecule has 2 atom stereocenters. The van der Waals surface area contributed by atoms with E-state index in [1.807, 2.05) is 12.1 Å². The molecule has 2 N–H and O–H groups in total. The van der Waals surface area contributed by atoms with E-state index in [0.29, 0.717) is 6.04 Å². The topological polar surface area (TPSA) is 49.3 Å². The van der Waals surface area contributed by atoms with Gasteiger partial charge in [0, 0.05) is 6.04 Å². The molecule has 0 amide bonds. The van der Waals surface area contributed by atoms with Crippen molar-refractivity contribution >= 4 is 5.97 Å². The first-order valence-electron chi connectivity index (χ1n) is 6.20. The van der Waals surface area contributed by atoms with Gasteiger partial charge in [0.25, 0.3) is 0 Å². The van der Waals surface area contributed by atoms with Crippen LogP contribution in [0.5, 0.6) is 0 Å². The molecule has 0 radical (unpaired) electrons. The zero-order chi connectivity index (χ0) is 12.3. The first-order chi connectivity index (χ1) is 8.16. The van der Waals surface area contributed by atoms with Crippen LogP contribution in [0.4, 0.5) is 0 Å². The Kier molecular flexibility index (Phi) is 3.79. The summed E-state index contributed by atoms with van der Waals surface area (Å²) in [7, 11) is 0. The number of aryl methyl sites for hydroxylation is 1. The first kappa shape index (κ1) is 12.1. The van der Waals surface area contributed by atoms with Gasteiger partial charge in [0.05, 0.1) is 0 Å². The van der Waals surface area contributed by atoms with E-state index in [2.05, 4.69) is 24.4 Å². The van der Waals surface area contributed by atoms with E-state index < -0.39 is 5.97 Å². The van der Waals surface area contributed by atoms with Crippen molar-refractivity contribution in [2.24, 2.45) is 0 Å². The molecule has 1 saturated heterocycles. The molecule has 0 aromatic heterocycles. The van der Waals surface area contributed by atoms with E-state index in [1.165, 1.54) is 11.1 Å². The highest BCUT2D eigenvalue weighted by Gasteiger charge is 2.25. The Morgan fingerprint density at radius 2 is 2.18 bits per heavy atom. The minimum atomic E-state index is -0.723. The van der Waals surface area contributed by atoms with Gasteiger partial charge in [-0.2, -0.15) is 0 Å². The van der Waals surface area contributed by atoms with Crippen molar-refractivity contribution in [3.05, 3.63) is 35.4 Å². The molecule has 2 rings (SSSR count). The molecule has 92 valence electrons. The molecule has 1 aromatic carbocycles. The predicted molar refractivity (Wildman–Crippen MR) is 67.1 cm³/mol. The van der Waals surface area contributed by atoms with Gasteiger partial charge in [-0.15, -0.1) is 0 Å². The largest absolute Gasteiger partial charge is 0.480 e. The maximum Gasteiger partial charge on any atom is 0.320 e. The minimum absolute atomic E-state index is 0.297. The van der Waals surface area contributed by atoms with E-state index in [0.717, 1.165) is 25.7 Å². The van der Waals surface area contributed by atoms with Gasteiger partial charge in [-0.3, -0.25) is 4.79 Å². The summed E-state index contributed by atoms with van der Waals surface area (Å²) < 4.78 is 0. The van der Waals surface area contributed by atoms with Gasteiger partial charge in [0.2, 0.25) is 0 Å². The summed E-state index contributed by atoms with van der Waals surface area (Å²) in [5, 5.41) is 12.2. The Hall–Kier alpha value is -1.35. The summed E-state index contributed by atoms with van der Waals surface area (Å²) in [6.07, 6.45) is 3.74. The van der Waals surface area contributed by atoms with Crippen LogP contribution in [0.15, 0.2) is 24.3 Å². The maximum absolute atomic E-state index is 11.0. The molecule has 3 nitrogen and oxygen atoms in total. The van der Waals surface area contributed by atoms with Gasteiger partial charge in [-0.25, -0.2) is 0 Å². The average molecular weight is 233 g/mol. The molecule has 0 saturated carbocycles. The lowest BCUT2D eigenvalue weighted by atomic mass is 9.92. The molecule has 1 aliphatic rings. The fourth-order valence-corrected chi connectivity index (χ4v) is 2.48. The monoisotopic (exact) mass is 233 g/mol. The maximum atomic E-state index is 11.0. The number of carbonyl (C=O) groups is 1. The lowest BCUT2D eigenvalue weighted by molar-refractivity contribution is -0.140. The third kappa shape index (κ3) is 3.07. The van der Waals surface area contributed by atoms with Crippen LogP contribution in [-0.4, -0.2) is 23.2 Å². The van der Waals surface area contributed by atoms with Crippen molar-refractivity contribution in [2.45, 2.75) is 44.7 Å². The minimum Gasteiger partial charge on any atom is -0.480 e. The normalized spacial score (nSPS) is 24.5. The highest BCUT2D eigenvalue weighted by atomic mass is 16.4. The van der Waals surface area contributed by atoms with Crippen LogP contribution in [0.25, 0.3) is 0 Å². The lowest BCUT2D eigenvalue weighted by Crippen LogP contribution is -2.47. The lowest BCUT2D eigenvalue weighted by Gasteiger charge is -2.29. The summed E-state index contributed by atoms with van der Waals surface area (Å²) in [6, 6.07) is 8.24. The van der Waals surface area contributed by atoms with Gasteiger partial charge in [0.1, 0.15) is 6.04 Å². The number of hydrogen-bond acceptors (Lipinski definition) is 2. The van der Waals surface area contributed by atoms with Crippen molar-refractivity contribution in [3.63, 3.8) is 0 Å². The van der Waals surface area contributed by atoms with Crippen LogP contribution in [-0.2, 0) is 11.2 Å². The zero-order valence-corrected chi connectivity index (χ0v) is 10.1. The number of nitrogens with one attached hydrogen (secondary N) is 1. The average Bonchev–Trinajstić information content (AvgIpc) is 2.32. The number of piperidine rings is 1. The second kappa shape index (κ2) is 5.32. The smallest absolute Gasteiger partial charge is 0.320 e. The second-order valence-corrected chi connectivity index (χ2v) is 4.82. The molecule has 0 spiro atoms. The summed E-state index contributed by atoms with van der Waals surface area (Å²) in [6.45, 7) is 2.10. The van der Waals surface area contributed by atoms with Gasteiger partial charge in [0.15, 0.2) is 0 Å². The molecule has 17 heavy (non-hydrogen) atoms. The predicted octanol–water partition coefficient (Wildman–Crippen LogP) is 2.13. The Labute approximate surface area is 102 Å². The fraction of sp³-hybridized carbons (Fsp3) is 0.500. The molecule has 1 aromatic rings. The molecule has 1 fully saturated rings. The van der Waals surface area contributed by atoms with Crippen LogP contribution in [0.2, 0.25) is 0 Å². The number of hydrogen-bond donors (Lipinski definition) is 2. The highest BCUT2D eigenvalue weighted by molar-refractivity contribution is 5.73. The molecule has 1 heterocycles. The van der Waals surface area contributed by atoms with Gasteiger partial charge >= 0.3 is 5.97 Å². The molecular formula is C14H19NO2. The summed E-state index contributed by atoms with van der Waals surface area (Å²) in [5.41, 5.74) is 2.60. The van der Waals surface area contributed by atoms with Crippen LogP contribution >= 0.6 is 0 Å². The van der Waals surface area contributed by atoms with E-state index in [9.17, 15) is 4.79 Å². The SMILES string of the molecule is Cc1ccccc1CC1CCCC(C(=O)O)N1. The van der Waals surface area contributed by atoms with Crippen LogP contribution in [0, 0.1) is 6.92 Å². The third-order valence-electron chi connectivity index (χ3n) is 3.51. The van der Waals surface area contributed by atoms with Crippen molar-refractivity contribution in [3.8, 4) is 0 Å². The highest BCUT2D eigenvalue weighted by Crippen LogP contribution is 2.18. The number of aliphatic carboxylic acids is 1. The number of rotatable bonds is 3. The van der Waals surface area contributed by atoms with E-state index in [1.54, 1.807) is 0 Å². The van der Waals surface area contributed by atoms with E-state index >= 15 is 0 Å². The summed E-state index contributed by atoms with van der Waals surface area (Å²) in [5.74, 6) is -0.723. The number of benzene rings is 1. The van der Waals surface area contributed by atoms with Gasteiger partial charge in [-0.1, -0.05) is 24.3 Å². The molecule has 1 aliphatic heterocycles. The van der Waals surface area contributed by atoms with Crippen molar-refractivity contribution in [2.75, 3.05) is 0 Å². The number of carboxylic acid groups (broad SMARTS) is 1. The van der Waals surface area contributed by atoms with Crippen LogP contribution in [0.3, 0.4) is 0 Å².